The monoisotopic (exact) mass is 334 g/mol. The summed E-state index contributed by atoms with van der Waals surface area (Å²) in [4.78, 5) is 10.7. The van der Waals surface area contributed by atoms with Crippen LogP contribution < -0.4 is 0 Å². The number of hydrogen-bond donors (Lipinski definition) is 4. The highest BCUT2D eigenvalue weighted by molar-refractivity contribution is 7.86. The second-order valence-corrected chi connectivity index (χ2v) is 6.27. The lowest BCUT2D eigenvalue weighted by Gasteiger charge is -2.25. The topological polar surface area (TPSA) is 141 Å². The first kappa shape index (κ1) is 18.7. The zero-order chi connectivity index (χ0) is 16.9. The Morgan fingerprint density at radius 3 is 2.14 bits per heavy atom. The van der Waals surface area contributed by atoms with Crippen molar-refractivity contribution in [2.24, 2.45) is 0 Å². The molecule has 0 aromatic heterocycles. The fraction of sp³-hybridized carbons (Fsp3) is 0.462. The summed E-state index contributed by atoms with van der Waals surface area (Å²) in [6, 6.07) is 5.57. The maximum atomic E-state index is 12.0. The van der Waals surface area contributed by atoms with E-state index >= 15 is 0 Å². The van der Waals surface area contributed by atoms with Crippen molar-refractivity contribution >= 4 is 16.4 Å². The first-order valence-electron chi connectivity index (χ1n) is 6.33. The minimum absolute atomic E-state index is 0.0102. The van der Waals surface area contributed by atoms with E-state index in [1.165, 1.54) is 24.3 Å². The van der Waals surface area contributed by atoms with Crippen molar-refractivity contribution < 1.29 is 37.8 Å². The molecule has 1 aromatic carbocycles. The summed E-state index contributed by atoms with van der Waals surface area (Å²) < 4.78 is 28.6. The molecule has 8 nitrogen and oxygen atoms in total. The van der Waals surface area contributed by atoms with Gasteiger partial charge in [-0.05, 0) is 19.1 Å². The lowest BCUT2D eigenvalue weighted by atomic mass is 10.0. The van der Waals surface area contributed by atoms with Crippen molar-refractivity contribution in [2.45, 2.75) is 36.2 Å². The van der Waals surface area contributed by atoms with Gasteiger partial charge in [-0.3, -0.25) is 4.18 Å². The number of aldehydes is 1. The van der Waals surface area contributed by atoms with Gasteiger partial charge >= 0.3 is 0 Å². The van der Waals surface area contributed by atoms with Crippen molar-refractivity contribution in [1.82, 2.24) is 0 Å². The van der Waals surface area contributed by atoms with Gasteiger partial charge in [0.1, 0.15) is 18.3 Å². The molecule has 0 radical (unpaired) electrons. The van der Waals surface area contributed by atoms with E-state index in [1.54, 1.807) is 6.92 Å². The molecule has 4 N–H and O–H groups in total. The molecule has 124 valence electrons. The lowest BCUT2D eigenvalue weighted by molar-refractivity contribution is -0.132. The molecule has 0 bridgehead atoms. The second-order valence-electron chi connectivity index (χ2n) is 4.70. The SMILES string of the molecule is Cc1ccc(S(=O)(=O)O[C@@H](C=O)[C@@H](O)[C@@H](O)[C@H](O)CO)cc1. The Hall–Kier alpha value is -1.36. The summed E-state index contributed by atoms with van der Waals surface area (Å²) in [5.74, 6) is 0. The van der Waals surface area contributed by atoms with Crippen LogP contribution in [0.2, 0.25) is 0 Å². The molecule has 0 fully saturated rings. The van der Waals surface area contributed by atoms with Crippen LogP contribution in [0.5, 0.6) is 0 Å². The van der Waals surface area contributed by atoms with Crippen molar-refractivity contribution in [3.05, 3.63) is 29.8 Å². The van der Waals surface area contributed by atoms with E-state index in [9.17, 15) is 28.5 Å². The Labute approximate surface area is 127 Å². The highest BCUT2D eigenvalue weighted by atomic mass is 32.2. The summed E-state index contributed by atoms with van der Waals surface area (Å²) >= 11 is 0. The summed E-state index contributed by atoms with van der Waals surface area (Å²) in [5, 5.41) is 37.1. The van der Waals surface area contributed by atoms with Gasteiger partial charge < -0.3 is 25.2 Å². The van der Waals surface area contributed by atoms with E-state index in [4.69, 9.17) is 5.11 Å². The van der Waals surface area contributed by atoms with Gasteiger partial charge in [-0.2, -0.15) is 8.42 Å². The van der Waals surface area contributed by atoms with Crippen LogP contribution in [-0.4, -0.2) is 66.2 Å². The van der Waals surface area contributed by atoms with Crippen LogP contribution in [0.4, 0.5) is 0 Å². The molecule has 0 saturated carbocycles. The molecule has 0 heterocycles. The van der Waals surface area contributed by atoms with Gasteiger partial charge in [-0.15, -0.1) is 0 Å². The third-order valence-electron chi connectivity index (χ3n) is 2.95. The third-order valence-corrected chi connectivity index (χ3v) is 4.27. The van der Waals surface area contributed by atoms with Crippen LogP contribution in [0, 0.1) is 6.92 Å². The molecule has 0 unspecified atom stereocenters. The first-order valence-corrected chi connectivity index (χ1v) is 7.74. The Morgan fingerprint density at radius 2 is 1.68 bits per heavy atom. The molecular formula is C13H18O8S. The third kappa shape index (κ3) is 4.57. The van der Waals surface area contributed by atoms with Crippen molar-refractivity contribution in [3.63, 3.8) is 0 Å². The summed E-state index contributed by atoms with van der Waals surface area (Å²) in [6.07, 6.45) is -7.66. The summed E-state index contributed by atoms with van der Waals surface area (Å²) in [6.45, 7) is 0.871. The summed E-state index contributed by atoms with van der Waals surface area (Å²) in [5.41, 5.74) is 0.812. The Kier molecular flexibility index (Phi) is 6.60. The molecule has 1 rings (SSSR count). The van der Waals surface area contributed by atoms with E-state index in [0.717, 1.165) is 5.56 Å². The molecule has 4 atom stereocenters. The number of carbonyl (C=O) groups excluding carboxylic acids is 1. The lowest BCUT2D eigenvalue weighted by Crippen LogP contribution is -2.48. The molecule has 0 aliphatic heterocycles. The van der Waals surface area contributed by atoms with Gasteiger partial charge in [0.05, 0.1) is 11.5 Å². The van der Waals surface area contributed by atoms with Crippen LogP contribution in [0.3, 0.4) is 0 Å². The number of aliphatic hydroxyl groups is 4. The normalized spacial score (nSPS) is 17.5. The largest absolute Gasteiger partial charge is 0.394 e. The first-order chi connectivity index (χ1) is 10.2. The minimum atomic E-state index is -4.35. The van der Waals surface area contributed by atoms with E-state index in [1.807, 2.05) is 0 Å². The second kappa shape index (κ2) is 7.77. The number of rotatable bonds is 8. The molecule has 0 aliphatic carbocycles. The molecule has 0 amide bonds. The maximum Gasteiger partial charge on any atom is 0.297 e. The maximum absolute atomic E-state index is 12.0. The smallest absolute Gasteiger partial charge is 0.297 e. The van der Waals surface area contributed by atoms with E-state index in [-0.39, 0.29) is 11.2 Å². The minimum Gasteiger partial charge on any atom is -0.394 e. The molecule has 9 heteroatoms. The predicted molar refractivity (Wildman–Crippen MR) is 74.4 cm³/mol. The Morgan fingerprint density at radius 1 is 1.14 bits per heavy atom. The van der Waals surface area contributed by atoms with Gasteiger partial charge in [0, 0.05) is 0 Å². The number of aliphatic hydroxyl groups excluding tert-OH is 4. The van der Waals surface area contributed by atoms with Crippen LogP contribution in [0.1, 0.15) is 5.56 Å². The Bertz CT molecular complexity index is 583. The molecule has 22 heavy (non-hydrogen) atoms. The number of aryl methyl sites for hydroxylation is 1. The van der Waals surface area contributed by atoms with E-state index < -0.39 is 41.1 Å². The van der Waals surface area contributed by atoms with E-state index in [0.29, 0.717) is 0 Å². The zero-order valence-electron chi connectivity index (χ0n) is 11.7. The van der Waals surface area contributed by atoms with Crippen LogP contribution in [-0.2, 0) is 19.1 Å². The quantitative estimate of drug-likeness (QED) is 0.327. The van der Waals surface area contributed by atoms with Gasteiger partial charge in [0.25, 0.3) is 10.1 Å². The molecule has 0 spiro atoms. The van der Waals surface area contributed by atoms with Crippen LogP contribution in [0.25, 0.3) is 0 Å². The van der Waals surface area contributed by atoms with Crippen LogP contribution in [0.15, 0.2) is 29.2 Å². The molecule has 1 aromatic rings. The number of hydrogen-bond acceptors (Lipinski definition) is 8. The zero-order valence-corrected chi connectivity index (χ0v) is 12.5. The van der Waals surface area contributed by atoms with Crippen molar-refractivity contribution in [1.29, 1.82) is 0 Å². The van der Waals surface area contributed by atoms with E-state index in [2.05, 4.69) is 4.18 Å². The standard InChI is InChI=1S/C13H18O8S/c1-8-2-4-9(5-3-8)22(19,20)21-11(7-15)13(18)12(17)10(16)6-14/h2-5,7,10-14,16-18H,6H2,1H3/t10-,11+,12+,13-/m1/s1. The fourth-order valence-corrected chi connectivity index (χ4v) is 2.63. The highest BCUT2D eigenvalue weighted by Crippen LogP contribution is 2.17. The van der Waals surface area contributed by atoms with Gasteiger partial charge in [0.15, 0.2) is 12.4 Å². The molecule has 0 aliphatic rings. The van der Waals surface area contributed by atoms with Gasteiger partial charge in [0.2, 0.25) is 0 Å². The van der Waals surface area contributed by atoms with Gasteiger partial charge in [-0.1, -0.05) is 17.7 Å². The number of benzene rings is 1. The average molecular weight is 334 g/mol. The summed E-state index contributed by atoms with van der Waals surface area (Å²) in [7, 11) is -4.35. The van der Waals surface area contributed by atoms with Crippen LogP contribution >= 0.6 is 0 Å². The van der Waals surface area contributed by atoms with Gasteiger partial charge in [-0.25, -0.2) is 0 Å². The predicted octanol–water partition coefficient (Wildman–Crippen LogP) is -1.66. The number of carbonyl (C=O) groups is 1. The molecule has 0 saturated heterocycles. The molecular weight excluding hydrogens is 316 g/mol. The Balaban J connectivity index is 2.93. The fourth-order valence-electron chi connectivity index (χ4n) is 1.60. The highest BCUT2D eigenvalue weighted by Gasteiger charge is 2.35. The van der Waals surface area contributed by atoms with Crippen molar-refractivity contribution in [3.8, 4) is 0 Å². The average Bonchev–Trinajstić information content (AvgIpc) is 2.50. The van der Waals surface area contributed by atoms with Crippen molar-refractivity contribution in [2.75, 3.05) is 6.61 Å².